The van der Waals surface area contributed by atoms with Gasteiger partial charge in [-0.3, -0.25) is 4.79 Å². The second-order valence-electron chi connectivity index (χ2n) is 8.07. The van der Waals surface area contributed by atoms with Crippen LogP contribution in [0.5, 0.6) is 11.5 Å². The van der Waals surface area contributed by atoms with E-state index in [1.807, 2.05) is 0 Å². The third-order valence-electron chi connectivity index (χ3n) is 5.64. The van der Waals surface area contributed by atoms with E-state index >= 15 is 0 Å². The van der Waals surface area contributed by atoms with E-state index in [0.717, 1.165) is 29.0 Å². The van der Waals surface area contributed by atoms with Gasteiger partial charge in [-0.05, 0) is 67.3 Å². The first-order valence-electron chi connectivity index (χ1n) is 10.8. The first kappa shape index (κ1) is 25.7. The van der Waals surface area contributed by atoms with Gasteiger partial charge in [0, 0.05) is 13.0 Å². The summed E-state index contributed by atoms with van der Waals surface area (Å²) >= 11 is 6.85. The molecule has 0 bridgehead atoms. The highest BCUT2D eigenvalue weighted by Gasteiger charge is 2.39. The molecule has 3 aromatic rings. The Bertz CT molecular complexity index is 1320. The van der Waals surface area contributed by atoms with Crippen LogP contribution in [0.4, 0.5) is 13.2 Å². The minimum absolute atomic E-state index is 0.0496. The quantitative estimate of drug-likeness (QED) is 0.322. The lowest BCUT2D eigenvalue weighted by Crippen LogP contribution is -2.40. The van der Waals surface area contributed by atoms with Crippen molar-refractivity contribution in [1.29, 1.82) is 0 Å². The molecule has 2 aromatic carbocycles. The number of benzene rings is 2. The van der Waals surface area contributed by atoms with Gasteiger partial charge in [0.2, 0.25) is 0 Å². The molecule has 0 saturated carbocycles. The fraction of sp³-hybridized carbons (Fsp3) is 0.292. The maximum absolute atomic E-state index is 13.0. The van der Waals surface area contributed by atoms with E-state index in [2.05, 4.69) is 0 Å². The fourth-order valence-corrected chi connectivity index (χ4v) is 7.26. The van der Waals surface area contributed by atoms with Crippen LogP contribution >= 0.6 is 22.9 Å². The molecule has 1 aliphatic rings. The van der Waals surface area contributed by atoms with Crippen LogP contribution in [0.15, 0.2) is 64.9 Å². The number of hydrogen-bond acceptors (Lipinski definition) is 5. The normalized spacial score (nSPS) is 17.0. The van der Waals surface area contributed by atoms with E-state index in [9.17, 15) is 26.4 Å². The number of rotatable bonds is 8. The number of carbonyl (C=O) groups is 1. The molecule has 1 aromatic heterocycles. The summed E-state index contributed by atoms with van der Waals surface area (Å²) in [6.07, 6.45) is -2.97. The van der Waals surface area contributed by atoms with Gasteiger partial charge in [0.15, 0.2) is 5.78 Å². The summed E-state index contributed by atoms with van der Waals surface area (Å²) in [5, 5.41) is 0. The van der Waals surface area contributed by atoms with Crippen molar-refractivity contribution in [2.75, 3.05) is 6.54 Å². The molecule has 5 nitrogen and oxygen atoms in total. The average molecular weight is 544 g/mol. The van der Waals surface area contributed by atoms with Gasteiger partial charge in [0.25, 0.3) is 10.0 Å². The second-order valence-corrected chi connectivity index (χ2v) is 11.9. The Labute approximate surface area is 210 Å². The van der Waals surface area contributed by atoms with E-state index < -0.39 is 27.8 Å². The first-order chi connectivity index (χ1) is 16.5. The van der Waals surface area contributed by atoms with E-state index in [1.165, 1.54) is 28.6 Å². The Morgan fingerprint density at radius 1 is 1.09 bits per heavy atom. The van der Waals surface area contributed by atoms with Crippen molar-refractivity contribution >= 4 is 38.7 Å². The van der Waals surface area contributed by atoms with Gasteiger partial charge < -0.3 is 4.74 Å². The van der Waals surface area contributed by atoms with E-state index in [-0.39, 0.29) is 28.7 Å². The zero-order valence-corrected chi connectivity index (χ0v) is 20.7. The number of sulfonamides is 1. The largest absolute Gasteiger partial charge is 0.457 e. The maximum Gasteiger partial charge on any atom is 0.416 e. The van der Waals surface area contributed by atoms with E-state index in [1.54, 1.807) is 24.3 Å². The molecule has 0 unspecified atom stereocenters. The molecule has 1 aliphatic heterocycles. The van der Waals surface area contributed by atoms with Crippen LogP contribution in [0.3, 0.4) is 0 Å². The topological polar surface area (TPSA) is 63.7 Å². The Kier molecular flexibility index (Phi) is 7.56. The Morgan fingerprint density at radius 2 is 1.80 bits per heavy atom. The van der Waals surface area contributed by atoms with E-state index in [4.69, 9.17) is 16.3 Å². The molecule has 0 radical (unpaired) electrons. The molecule has 1 atom stereocenters. The molecule has 11 heteroatoms. The number of thiophene rings is 1. The highest BCUT2D eigenvalue weighted by molar-refractivity contribution is 7.91. The first-order valence-corrected chi connectivity index (χ1v) is 13.4. The summed E-state index contributed by atoms with van der Waals surface area (Å²) in [5.41, 5.74) is -0.0575. The standard InChI is InChI=1S/C24H21ClF3NO4S2/c25-22-11-12-23(34-22)35(31,32)29-13-3-8-20(29)21(30)10-9-16-4-1-6-18(14-16)33-19-7-2-5-17(15-19)24(26,27)28/h1-2,4-7,11-12,14-15,20H,3,8-10,13H2/t20-/m0/s1. The van der Waals surface area contributed by atoms with Crippen LogP contribution in [0.25, 0.3) is 0 Å². The van der Waals surface area contributed by atoms with Gasteiger partial charge in [0.1, 0.15) is 15.7 Å². The van der Waals surface area contributed by atoms with Gasteiger partial charge in [-0.1, -0.05) is 29.8 Å². The molecule has 1 saturated heterocycles. The number of nitrogens with zero attached hydrogens (tertiary/aromatic N) is 1. The average Bonchev–Trinajstić information content (AvgIpc) is 3.47. The number of aryl methyl sites for hydroxylation is 1. The number of carbonyl (C=O) groups excluding carboxylic acids is 1. The molecule has 0 N–H and O–H groups in total. The molecule has 0 spiro atoms. The Morgan fingerprint density at radius 3 is 2.49 bits per heavy atom. The molecule has 0 amide bonds. The predicted octanol–water partition coefficient (Wildman–Crippen LogP) is 6.57. The predicted molar refractivity (Wildman–Crippen MR) is 128 cm³/mol. The highest BCUT2D eigenvalue weighted by atomic mass is 35.5. The second kappa shape index (κ2) is 10.3. The molecule has 1 fully saturated rings. The molecule has 4 rings (SSSR count). The SMILES string of the molecule is O=C(CCc1cccc(Oc2cccc(C(F)(F)F)c2)c1)[C@@H]1CCCN1S(=O)(=O)c1ccc(Cl)s1. The molecule has 2 heterocycles. The summed E-state index contributed by atoms with van der Waals surface area (Å²) in [6.45, 7) is 0.272. The van der Waals surface area contributed by atoms with Gasteiger partial charge in [-0.2, -0.15) is 17.5 Å². The van der Waals surface area contributed by atoms with Crippen molar-refractivity contribution in [2.45, 2.75) is 42.1 Å². The van der Waals surface area contributed by atoms with Crippen molar-refractivity contribution in [3.63, 3.8) is 0 Å². The lowest BCUT2D eigenvalue weighted by molar-refractivity contribution is -0.137. The third-order valence-corrected chi connectivity index (χ3v) is 9.25. The lowest BCUT2D eigenvalue weighted by Gasteiger charge is -2.22. The van der Waals surface area contributed by atoms with Gasteiger partial charge in [-0.25, -0.2) is 8.42 Å². The maximum atomic E-state index is 13.0. The van der Waals surface area contributed by atoms with Crippen molar-refractivity contribution in [3.8, 4) is 11.5 Å². The minimum atomic E-state index is -4.47. The smallest absolute Gasteiger partial charge is 0.416 e. The highest BCUT2D eigenvalue weighted by Crippen LogP contribution is 2.34. The molecular weight excluding hydrogens is 523 g/mol. The molecule has 0 aliphatic carbocycles. The van der Waals surface area contributed by atoms with Gasteiger partial charge in [0.05, 0.1) is 15.9 Å². The lowest BCUT2D eigenvalue weighted by atomic mass is 10.0. The Hall–Kier alpha value is -2.40. The van der Waals surface area contributed by atoms with Crippen LogP contribution in [0.2, 0.25) is 4.34 Å². The number of Topliss-reactive ketones (excluding diaryl/α,β-unsaturated/α-hetero) is 1. The number of ether oxygens (including phenoxy) is 1. The Balaban J connectivity index is 1.41. The van der Waals surface area contributed by atoms with Crippen LogP contribution in [0.1, 0.15) is 30.4 Å². The summed E-state index contributed by atoms with van der Waals surface area (Å²) in [4.78, 5) is 13.0. The molecular formula is C24H21ClF3NO4S2. The van der Waals surface area contributed by atoms with Crippen molar-refractivity contribution in [2.24, 2.45) is 0 Å². The van der Waals surface area contributed by atoms with Gasteiger partial charge in [-0.15, -0.1) is 11.3 Å². The zero-order valence-electron chi connectivity index (χ0n) is 18.3. The summed E-state index contributed by atoms with van der Waals surface area (Å²) in [7, 11) is -3.80. The zero-order chi connectivity index (χ0) is 25.2. The van der Waals surface area contributed by atoms with Crippen molar-refractivity contribution in [1.82, 2.24) is 4.31 Å². The van der Waals surface area contributed by atoms with Crippen molar-refractivity contribution < 1.29 is 31.1 Å². The molecule has 35 heavy (non-hydrogen) atoms. The summed E-state index contributed by atoms with van der Waals surface area (Å²) in [5.74, 6) is 0.209. The number of hydrogen-bond donors (Lipinski definition) is 0. The monoisotopic (exact) mass is 543 g/mol. The van der Waals surface area contributed by atoms with Crippen LogP contribution in [-0.4, -0.2) is 31.1 Å². The third kappa shape index (κ3) is 6.06. The number of halogens is 4. The fourth-order valence-electron chi connectivity index (χ4n) is 3.97. The van der Waals surface area contributed by atoms with Crippen molar-refractivity contribution in [3.05, 3.63) is 76.1 Å². The summed E-state index contributed by atoms with van der Waals surface area (Å²) < 4.78 is 72.1. The molecule has 186 valence electrons. The van der Waals surface area contributed by atoms with Crippen LogP contribution in [0, 0.1) is 0 Å². The van der Waals surface area contributed by atoms with Gasteiger partial charge >= 0.3 is 6.18 Å². The van der Waals surface area contributed by atoms with E-state index in [0.29, 0.717) is 29.3 Å². The minimum Gasteiger partial charge on any atom is -0.457 e. The van der Waals surface area contributed by atoms with Crippen LogP contribution in [-0.2, 0) is 27.4 Å². The summed E-state index contributed by atoms with van der Waals surface area (Å²) in [6, 6.07) is 13.6. The number of ketones is 1. The number of alkyl halides is 3. The van der Waals surface area contributed by atoms with Crippen LogP contribution < -0.4 is 4.74 Å².